The number of amides is 3. The van der Waals surface area contributed by atoms with E-state index < -0.39 is 0 Å². The minimum Gasteiger partial charge on any atom is -0.504 e. The van der Waals surface area contributed by atoms with Gasteiger partial charge in [0, 0.05) is 12.1 Å². The smallest absolute Gasteiger partial charge is 0.234 e. The topological polar surface area (TPSA) is 99.6 Å². The number of allylic oxidation sites excluding steroid dienone is 2. The Morgan fingerprint density at radius 3 is 2.23 bits per heavy atom. The van der Waals surface area contributed by atoms with Crippen molar-refractivity contribution in [1.82, 2.24) is 9.88 Å². The van der Waals surface area contributed by atoms with Crippen molar-refractivity contribution in [3.05, 3.63) is 66.4 Å². The van der Waals surface area contributed by atoms with Crippen LogP contribution in [-0.4, -0.2) is 32.7 Å². The number of rotatable bonds is 4. The molecule has 3 fully saturated rings. The van der Waals surface area contributed by atoms with Crippen molar-refractivity contribution in [3.8, 4) is 5.75 Å². The SMILES string of the molecule is O=C(Nc1ncccc1O)C1C2C3C=CC(C4C(=O)N(Cc5ccccc5)C(=O)C34)C12. The normalized spacial score (nSPS) is 34.5. The first-order valence-electron chi connectivity index (χ1n) is 10.6. The van der Waals surface area contributed by atoms with Gasteiger partial charge >= 0.3 is 0 Å². The molecular weight excluding hydrogens is 394 g/mol. The molecule has 1 aliphatic heterocycles. The van der Waals surface area contributed by atoms with Crippen LogP contribution in [0.5, 0.6) is 5.75 Å². The zero-order chi connectivity index (χ0) is 21.3. The van der Waals surface area contributed by atoms with E-state index in [0.29, 0.717) is 6.54 Å². The van der Waals surface area contributed by atoms with Gasteiger partial charge in [0.1, 0.15) is 0 Å². The second-order valence-corrected chi connectivity index (χ2v) is 8.88. The average molecular weight is 415 g/mol. The number of benzene rings is 1. The Morgan fingerprint density at radius 1 is 0.968 bits per heavy atom. The van der Waals surface area contributed by atoms with Crippen LogP contribution in [-0.2, 0) is 20.9 Å². The molecule has 2 bridgehead atoms. The molecule has 2 N–H and O–H groups in total. The van der Waals surface area contributed by atoms with Crippen molar-refractivity contribution in [1.29, 1.82) is 0 Å². The lowest BCUT2D eigenvalue weighted by Gasteiger charge is -2.37. The van der Waals surface area contributed by atoms with Crippen LogP contribution in [0.25, 0.3) is 0 Å². The van der Waals surface area contributed by atoms with Crippen molar-refractivity contribution in [3.63, 3.8) is 0 Å². The van der Waals surface area contributed by atoms with E-state index in [1.807, 2.05) is 42.5 Å². The Balaban J connectivity index is 1.23. The quantitative estimate of drug-likeness (QED) is 0.589. The Hall–Kier alpha value is -3.48. The van der Waals surface area contributed by atoms with E-state index in [0.717, 1.165) is 5.56 Å². The highest BCUT2D eigenvalue weighted by Gasteiger charge is 2.73. The van der Waals surface area contributed by atoms with E-state index in [2.05, 4.69) is 10.3 Å². The number of nitrogens with one attached hydrogen (secondary N) is 1. The zero-order valence-electron chi connectivity index (χ0n) is 16.6. The van der Waals surface area contributed by atoms with Gasteiger partial charge in [-0.3, -0.25) is 19.3 Å². The first kappa shape index (κ1) is 18.3. The van der Waals surface area contributed by atoms with Crippen LogP contribution in [0.1, 0.15) is 5.56 Å². The number of aromatic hydroxyl groups is 1. The molecule has 7 nitrogen and oxygen atoms in total. The minimum atomic E-state index is -0.381. The second kappa shape index (κ2) is 6.51. The highest BCUT2D eigenvalue weighted by Crippen LogP contribution is 2.68. The number of hydrogen-bond donors (Lipinski definition) is 2. The van der Waals surface area contributed by atoms with Crippen LogP contribution in [0.15, 0.2) is 60.8 Å². The van der Waals surface area contributed by atoms with Crippen LogP contribution >= 0.6 is 0 Å². The molecule has 1 aromatic carbocycles. The van der Waals surface area contributed by atoms with E-state index in [4.69, 9.17) is 0 Å². The summed E-state index contributed by atoms with van der Waals surface area (Å²) in [5.74, 6) is -1.54. The average Bonchev–Trinajstić information content (AvgIpc) is 3.51. The van der Waals surface area contributed by atoms with E-state index in [1.54, 1.807) is 6.07 Å². The molecule has 2 heterocycles. The summed E-state index contributed by atoms with van der Waals surface area (Å²) >= 11 is 0. The summed E-state index contributed by atoms with van der Waals surface area (Å²) in [5.41, 5.74) is 0.931. The summed E-state index contributed by atoms with van der Waals surface area (Å²) in [7, 11) is 0. The molecule has 3 amide bonds. The van der Waals surface area contributed by atoms with E-state index in [1.165, 1.54) is 17.2 Å². The molecule has 31 heavy (non-hydrogen) atoms. The number of imide groups is 1. The summed E-state index contributed by atoms with van der Waals surface area (Å²) in [6.07, 6.45) is 5.58. The van der Waals surface area contributed by atoms with Crippen LogP contribution in [0.2, 0.25) is 0 Å². The van der Waals surface area contributed by atoms with Gasteiger partial charge in [0.25, 0.3) is 0 Å². The molecule has 6 unspecified atom stereocenters. The lowest BCUT2D eigenvalue weighted by molar-refractivity contribution is -0.141. The summed E-state index contributed by atoms with van der Waals surface area (Å²) < 4.78 is 0. The first-order valence-corrected chi connectivity index (χ1v) is 10.6. The molecule has 6 atom stereocenters. The third kappa shape index (κ3) is 2.59. The Morgan fingerprint density at radius 2 is 1.61 bits per heavy atom. The molecule has 156 valence electrons. The summed E-state index contributed by atoms with van der Waals surface area (Å²) in [6.45, 7) is 0.295. The molecule has 1 saturated heterocycles. The fourth-order valence-electron chi connectivity index (χ4n) is 6.13. The van der Waals surface area contributed by atoms with Crippen molar-refractivity contribution >= 4 is 23.5 Å². The largest absolute Gasteiger partial charge is 0.504 e. The number of aromatic nitrogens is 1. The summed E-state index contributed by atoms with van der Waals surface area (Å²) in [4.78, 5) is 44.9. The van der Waals surface area contributed by atoms with Crippen LogP contribution in [0.4, 0.5) is 5.82 Å². The molecule has 0 radical (unpaired) electrons. The van der Waals surface area contributed by atoms with Gasteiger partial charge in [0.15, 0.2) is 11.6 Å². The lowest BCUT2D eigenvalue weighted by atomic mass is 9.63. The molecule has 7 rings (SSSR count). The van der Waals surface area contributed by atoms with Gasteiger partial charge in [-0.2, -0.15) is 0 Å². The molecule has 2 saturated carbocycles. The minimum absolute atomic E-state index is 0.0514. The highest BCUT2D eigenvalue weighted by molar-refractivity contribution is 6.06. The highest BCUT2D eigenvalue weighted by atomic mass is 16.3. The number of hydrogen-bond acceptors (Lipinski definition) is 5. The number of likely N-dealkylation sites (tertiary alicyclic amines) is 1. The van der Waals surface area contributed by atoms with Gasteiger partial charge < -0.3 is 10.4 Å². The van der Waals surface area contributed by atoms with Gasteiger partial charge in [-0.25, -0.2) is 4.98 Å². The Labute approximate surface area is 178 Å². The number of anilines is 1. The van der Waals surface area contributed by atoms with Gasteiger partial charge in [-0.05, 0) is 41.4 Å². The fraction of sp³-hybridized carbons (Fsp3) is 0.333. The predicted molar refractivity (Wildman–Crippen MR) is 110 cm³/mol. The Bertz CT molecular complexity index is 1090. The summed E-state index contributed by atoms with van der Waals surface area (Å²) in [5, 5.41) is 12.6. The molecule has 0 spiro atoms. The van der Waals surface area contributed by atoms with Crippen molar-refractivity contribution in [2.24, 2.45) is 41.4 Å². The van der Waals surface area contributed by atoms with Crippen LogP contribution in [0.3, 0.4) is 0 Å². The van der Waals surface area contributed by atoms with Crippen molar-refractivity contribution < 1.29 is 19.5 Å². The van der Waals surface area contributed by atoms with E-state index >= 15 is 0 Å². The van der Waals surface area contributed by atoms with Gasteiger partial charge in [-0.1, -0.05) is 42.5 Å². The number of nitrogens with zero attached hydrogens (tertiary/aromatic N) is 2. The summed E-state index contributed by atoms with van der Waals surface area (Å²) in [6, 6.07) is 12.6. The maximum Gasteiger partial charge on any atom is 0.234 e. The van der Waals surface area contributed by atoms with Gasteiger partial charge in [0.05, 0.1) is 18.4 Å². The van der Waals surface area contributed by atoms with Crippen molar-refractivity contribution in [2.45, 2.75) is 6.54 Å². The Kier molecular flexibility index (Phi) is 3.84. The molecule has 7 heteroatoms. The maximum atomic E-state index is 13.2. The monoisotopic (exact) mass is 415 g/mol. The third-order valence-corrected chi connectivity index (χ3v) is 7.41. The second-order valence-electron chi connectivity index (χ2n) is 8.88. The molecule has 4 aliphatic carbocycles. The first-order chi connectivity index (χ1) is 15.1. The van der Waals surface area contributed by atoms with Crippen LogP contribution < -0.4 is 5.32 Å². The van der Waals surface area contributed by atoms with Crippen LogP contribution in [0, 0.1) is 41.4 Å². The molecule has 1 aromatic heterocycles. The lowest BCUT2D eigenvalue weighted by Crippen LogP contribution is -2.40. The predicted octanol–water partition coefficient (Wildman–Crippen LogP) is 2.21. The van der Waals surface area contributed by atoms with Crippen molar-refractivity contribution in [2.75, 3.05) is 5.32 Å². The van der Waals surface area contributed by atoms with E-state index in [-0.39, 0.29) is 70.7 Å². The van der Waals surface area contributed by atoms with Gasteiger partial charge in [0.2, 0.25) is 17.7 Å². The molecular formula is C24H21N3O4. The maximum absolute atomic E-state index is 13.2. The third-order valence-electron chi connectivity index (χ3n) is 7.41. The zero-order valence-corrected chi connectivity index (χ0v) is 16.6. The van der Waals surface area contributed by atoms with Gasteiger partial charge in [-0.15, -0.1) is 0 Å². The standard InChI is InChI=1S/C24H21N3O4/c28-15-7-4-10-25-21(15)26-22(29)20-16-13-8-9-14(17(16)20)19-18(13)23(30)27(24(19)31)11-12-5-2-1-3-6-12/h1-10,13-14,16-20,28H,11H2,(H,25,26,29). The number of carbonyl (C=O) groups is 3. The number of pyridine rings is 1. The molecule has 2 aromatic rings. The number of carbonyl (C=O) groups excluding carboxylic acids is 3. The molecule has 5 aliphatic rings. The fourth-order valence-corrected chi connectivity index (χ4v) is 6.13. The van der Waals surface area contributed by atoms with E-state index in [9.17, 15) is 19.5 Å².